The van der Waals surface area contributed by atoms with Gasteiger partial charge in [0, 0.05) is 17.6 Å². The molecule has 0 aliphatic carbocycles. The lowest BCUT2D eigenvalue weighted by Gasteiger charge is -2.27. The lowest BCUT2D eigenvalue weighted by atomic mass is 9.91. The van der Waals surface area contributed by atoms with Crippen LogP contribution < -0.4 is 25.8 Å². The Morgan fingerprint density at radius 1 is 1.25 bits per heavy atom. The molecule has 158 valence electrons. The van der Waals surface area contributed by atoms with E-state index >= 15 is 0 Å². The number of nitrogens with one attached hydrogen (secondary N) is 3. The van der Waals surface area contributed by atoms with E-state index in [1.54, 1.807) is 0 Å². The Labute approximate surface area is 171 Å². The number of ether oxygens (including phenoxy) is 1. The molecule has 0 radical (unpaired) electrons. The van der Waals surface area contributed by atoms with Crippen molar-refractivity contribution in [3.8, 4) is 5.75 Å². The Morgan fingerprint density at radius 3 is 2.32 bits per heavy atom. The molecule has 3 amide bonds. The molecule has 1 fully saturated rings. The van der Waals surface area contributed by atoms with E-state index in [0.717, 1.165) is 0 Å². The molecule has 0 bridgehead atoms. The zero-order valence-corrected chi connectivity index (χ0v) is 17.9. The topological polar surface area (TPSA) is 140 Å². The van der Waals surface area contributed by atoms with Crippen molar-refractivity contribution in [1.29, 1.82) is 0 Å². The molecule has 2 rings (SSSR count). The van der Waals surface area contributed by atoms with Gasteiger partial charge in [-0.2, -0.15) is 0 Å². The molecule has 1 aromatic rings. The van der Waals surface area contributed by atoms with E-state index in [1.807, 2.05) is 13.8 Å². The van der Waals surface area contributed by atoms with Crippen molar-refractivity contribution < 1.29 is 22.7 Å². The molecular formula is C17H27ClN4O5S. The zero-order chi connectivity index (χ0) is 20.5. The first-order chi connectivity index (χ1) is 12.5. The Kier molecular flexibility index (Phi) is 7.46. The van der Waals surface area contributed by atoms with Gasteiger partial charge in [0.15, 0.2) is 0 Å². The normalized spacial score (nSPS) is 19.6. The molecule has 1 aromatic carbocycles. The first-order valence-electron chi connectivity index (χ1n) is 8.62. The highest BCUT2D eigenvalue weighted by Crippen LogP contribution is 2.34. The van der Waals surface area contributed by atoms with Crippen LogP contribution in [0.5, 0.6) is 5.75 Å². The number of halogens is 1. The molecule has 11 heteroatoms. The van der Waals surface area contributed by atoms with Crippen LogP contribution in [0.15, 0.2) is 23.1 Å². The van der Waals surface area contributed by atoms with Crippen LogP contribution in [0.4, 0.5) is 4.79 Å². The van der Waals surface area contributed by atoms with Gasteiger partial charge in [0.25, 0.3) is 5.91 Å². The van der Waals surface area contributed by atoms with Crippen molar-refractivity contribution in [2.45, 2.75) is 49.6 Å². The molecular weight excluding hydrogens is 408 g/mol. The van der Waals surface area contributed by atoms with Gasteiger partial charge in [0.05, 0.1) is 12.0 Å². The van der Waals surface area contributed by atoms with Crippen molar-refractivity contribution in [3.05, 3.63) is 23.8 Å². The minimum absolute atomic E-state index is 0. The van der Waals surface area contributed by atoms with E-state index in [1.165, 1.54) is 32.2 Å². The van der Waals surface area contributed by atoms with Gasteiger partial charge in [-0.05, 0) is 38.0 Å². The highest BCUT2D eigenvalue weighted by atomic mass is 35.5. The van der Waals surface area contributed by atoms with Gasteiger partial charge in [-0.1, -0.05) is 13.8 Å². The van der Waals surface area contributed by atoms with Crippen molar-refractivity contribution >= 4 is 34.4 Å². The number of carbonyl (C=O) groups excluding carboxylic acids is 2. The molecule has 0 saturated carbocycles. The van der Waals surface area contributed by atoms with Gasteiger partial charge in [0.2, 0.25) is 10.0 Å². The molecule has 1 heterocycles. The molecule has 1 aliphatic heterocycles. The minimum atomic E-state index is -3.88. The van der Waals surface area contributed by atoms with E-state index in [2.05, 4.69) is 15.4 Å². The van der Waals surface area contributed by atoms with E-state index in [4.69, 9.17) is 10.5 Å². The van der Waals surface area contributed by atoms with Crippen molar-refractivity contribution in [1.82, 2.24) is 15.4 Å². The summed E-state index contributed by atoms with van der Waals surface area (Å²) in [5, 5.41) is 4.66. The van der Waals surface area contributed by atoms with Gasteiger partial charge in [-0.15, -0.1) is 12.4 Å². The molecule has 1 saturated heterocycles. The minimum Gasteiger partial charge on any atom is -0.496 e. The monoisotopic (exact) mass is 434 g/mol. The summed E-state index contributed by atoms with van der Waals surface area (Å²) in [5.41, 5.74) is 4.31. The summed E-state index contributed by atoms with van der Waals surface area (Å²) in [6, 6.07) is 3.48. The van der Waals surface area contributed by atoms with Gasteiger partial charge >= 0.3 is 6.03 Å². The third-order valence-electron chi connectivity index (χ3n) is 5.09. The summed E-state index contributed by atoms with van der Waals surface area (Å²) < 4.78 is 33.2. The number of amides is 3. The molecule has 5 N–H and O–H groups in total. The summed E-state index contributed by atoms with van der Waals surface area (Å²) in [7, 11) is -2.48. The average molecular weight is 435 g/mol. The molecule has 0 aromatic heterocycles. The fraction of sp³-hybridized carbons (Fsp3) is 0.529. The summed E-state index contributed by atoms with van der Waals surface area (Å²) >= 11 is 0. The molecule has 9 nitrogen and oxygen atoms in total. The van der Waals surface area contributed by atoms with Crippen molar-refractivity contribution in [2.75, 3.05) is 13.7 Å². The Morgan fingerprint density at radius 2 is 1.86 bits per heavy atom. The van der Waals surface area contributed by atoms with E-state index in [0.29, 0.717) is 12.8 Å². The molecule has 0 spiro atoms. The Bertz CT molecular complexity index is 857. The van der Waals surface area contributed by atoms with Crippen LogP contribution in [0.1, 0.15) is 39.2 Å². The largest absolute Gasteiger partial charge is 0.496 e. The quantitative estimate of drug-likeness (QED) is 0.449. The van der Waals surface area contributed by atoms with Crippen LogP contribution in [-0.4, -0.2) is 39.5 Å². The number of methoxy groups -OCH3 is 1. The van der Waals surface area contributed by atoms with Crippen LogP contribution in [-0.2, 0) is 20.4 Å². The second kappa shape index (κ2) is 8.64. The number of urea groups is 1. The van der Waals surface area contributed by atoms with Crippen LogP contribution in [0, 0.1) is 0 Å². The maximum Gasteiger partial charge on any atom is 0.322 e. The zero-order valence-electron chi connectivity index (χ0n) is 16.3. The smallest absolute Gasteiger partial charge is 0.322 e. The maximum absolute atomic E-state index is 12.7. The number of hydrogen-bond acceptors (Lipinski definition) is 6. The summed E-state index contributed by atoms with van der Waals surface area (Å²) in [6.45, 7) is 5.35. The number of benzene rings is 1. The van der Waals surface area contributed by atoms with Crippen LogP contribution >= 0.6 is 12.4 Å². The summed E-state index contributed by atoms with van der Waals surface area (Å²) in [4.78, 5) is 23.8. The first-order valence-corrected chi connectivity index (χ1v) is 10.1. The number of sulfonamides is 1. The van der Waals surface area contributed by atoms with E-state index in [9.17, 15) is 18.0 Å². The number of rotatable bonds is 8. The van der Waals surface area contributed by atoms with Gasteiger partial charge in [-0.3, -0.25) is 10.1 Å². The van der Waals surface area contributed by atoms with E-state index < -0.39 is 33.0 Å². The highest BCUT2D eigenvalue weighted by molar-refractivity contribution is 7.89. The second-order valence-corrected chi connectivity index (χ2v) is 8.56. The number of carbonyl (C=O) groups is 2. The molecule has 1 aliphatic rings. The fourth-order valence-electron chi connectivity index (χ4n) is 2.80. The number of imide groups is 1. The fourth-order valence-corrected chi connectivity index (χ4v) is 3.96. The van der Waals surface area contributed by atoms with Crippen LogP contribution in [0.25, 0.3) is 0 Å². The van der Waals surface area contributed by atoms with Gasteiger partial charge in [-0.25, -0.2) is 17.9 Å². The average Bonchev–Trinajstić information content (AvgIpc) is 2.91. The third-order valence-corrected chi connectivity index (χ3v) is 6.49. The van der Waals surface area contributed by atoms with Crippen molar-refractivity contribution in [3.63, 3.8) is 0 Å². The first kappa shape index (κ1) is 24.2. The standard InChI is InChI=1S/C17H26N4O5S.ClH/c1-5-17(18,6-2)10-19-27(24,25)11-7-8-13(26-4)12(9-11)16(3)14(22)20-15(23)21-16;/h7-9,19H,5-6,10,18H2,1-4H3,(H2,20,21,22,23);1H. The van der Waals surface area contributed by atoms with E-state index in [-0.39, 0.29) is 35.2 Å². The second-order valence-electron chi connectivity index (χ2n) is 6.79. The molecule has 1 unspecified atom stereocenters. The third kappa shape index (κ3) is 4.57. The maximum atomic E-state index is 12.7. The Hall–Kier alpha value is -1.88. The SMILES string of the molecule is CCC(N)(CC)CNS(=O)(=O)c1ccc(OC)c(C2(C)NC(=O)NC2=O)c1.Cl. The predicted octanol–water partition coefficient (Wildman–Crippen LogP) is 0.967. The van der Waals surface area contributed by atoms with Gasteiger partial charge < -0.3 is 15.8 Å². The van der Waals surface area contributed by atoms with Crippen LogP contribution in [0.3, 0.4) is 0 Å². The summed E-state index contributed by atoms with van der Waals surface area (Å²) in [5.74, 6) is -0.310. The summed E-state index contributed by atoms with van der Waals surface area (Å²) in [6.07, 6.45) is 1.23. The molecule has 1 atom stereocenters. The molecule has 28 heavy (non-hydrogen) atoms. The Balaban J connectivity index is 0.00000392. The lowest BCUT2D eigenvalue weighted by molar-refractivity contribution is -0.123. The number of nitrogens with two attached hydrogens (primary N) is 1. The van der Waals surface area contributed by atoms with Gasteiger partial charge in [0.1, 0.15) is 11.3 Å². The van der Waals surface area contributed by atoms with Crippen LogP contribution in [0.2, 0.25) is 0 Å². The number of hydrogen-bond donors (Lipinski definition) is 4. The van der Waals surface area contributed by atoms with Crippen molar-refractivity contribution in [2.24, 2.45) is 5.73 Å². The lowest BCUT2D eigenvalue weighted by Crippen LogP contribution is -2.49. The highest BCUT2D eigenvalue weighted by Gasteiger charge is 2.45. The predicted molar refractivity (Wildman–Crippen MR) is 107 cm³/mol.